The maximum Gasteiger partial charge on any atom is 0.151 e. The number of anilines is 2. The van der Waals surface area contributed by atoms with Crippen LogP contribution in [0.1, 0.15) is 13.3 Å². The number of aliphatic hydroxyl groups excluding tert-OH is 2. The minimum atomic E-state index is -0.857. The zero-order valence-electron chi connectivity index (χ0n) is 8.94. The monoisotopic (exact) mass is 246 g/mol. The van der Waals surface area contributed by atoms with E-state index < -0.39 is 5.54 Å². The van der Waals surface area contributed by atoms with E-state index in [2.05, 4.69) is 15.3 Å². The van der Waals surface area contributed by atoms with Crippen molar-refractivity contribution in [3.63, 3.8) is 0 Å². The Kier molecular flexibility index (Phi) is 4.28. The minimum Gasteiger partial charge on any atom is -0.394 e. The first-order valence-electron chi connectivity index (χ1n) is 4.84. The van der Waals surface area contributed by atoms with Crippen molar-refractivity contribution in [3.8, 4) is 0 Å². The molecule has 5 N–H and O–H groups in total. The SMILES string of the molecule is CCC(CO)(CO)Nc1ncnc(N)c1Cl. The lowest BCUT2D eigenvalue weighted by atomic mass is 9.98. The number of nitrogens with two attached hydrogens (primary N) is 1. The van der Waals surface area contributed by atoms with Crippen molar-refractivity contribution in [2.75, 3.05) is 24.3 Å². The molecule has 0 bridgehead atoms. The van der Waals surface area contributed by atoms with Crippen LogP contribution in [-0.2, 0) is 0 Å². The van der Waals surface area contributed by atoms with Gasteiger partial charge in [-0.2, -0.15) is 0 Å². The normalized spacial score (nSPS) is 11.5. The van der Waals surface area contributed by atoms with E-state index in [1.54, 1.807) is 0 Å². The van der Waals surface area contributed by atoms with E-state index >= 15 is 0 Å². The fourth-order valence-electron chi connectivity index (χ4n) is 1.16. The second kappa shape index (κ2) is 5.29. The van der Waals surface area contributed by atoms with Gasteiger partial charge in [-0.25, -0.2) is 9.97 Å². The molecule has 0 aliphatic heterocycles. The van der Waals surface area contributed by atoms with Gasteiger partial charge in [-0.05, 0) is 6.42 Å². The van der Waals surface area contributed by atoms with E-state index in [0.717, 1.165) is 0 Å². The summed E-state index contributed by atoms with van der Waals surface area (Å²) in [5.41, 5.74) is 4.66. The van der Waals surface area contributed by atoms with Crippen LogP contribution in [0.25, 0.3) is 0 Å². The molecular weight excluding hydrogens is 232 g/mol. The van der Waals surface area contributed by atoms with E-state index in [4.69, 9.17) is 17.3 Å². The molecule has 0 radical (unpaired) electrons. The summed E-state index contributed by atoms with van der Waals surface area (Å²) in [5.74, 6) is 0.458. The smallest absolute Gasteiger partial charge is 0.151 e. The molecule has 0 aliphatic rings. The van der Waals surface area contributed by atoms with Gasteiger partial charge in [-0.15, -0.1) is 0 Å². The Morgan fingerprint density at radius 3 is 2.56 bits per heavy atom. The molecule has 0 atom stereocenters. The highest BCUT2D eigenvalue weighted by Crippen LogP contribution is 2.26. The molecule has 0 spiro atoms. The lowest BCUT2D eigenvalue weighted by molar-refractivity contribution is 0.132. The first-order chi connectivity index (χ1) is 7.58. The van der Waals surface area contributed by atoms with Crippen LogP contribution >= 0.6 is 11.6 Å². The van der Waals surface area contributed by atoms with Crippen LogP contribution in [0.5, 0.6) is 0 Å². The van der Waals surface area contributed by atoms with Crippen LogP contribution in [-0.4, -0.2) is 38.9 Å². The summed E-state index contributed by atoms with van der Waals surface area (Å²) in [5, 5.41) is 21.6. The van der Waals surface area contributed by atoms with Crippen LogP contribution in [0.4, 0.5) is 11.6 Å². The molecule has 0 aliphatic carbocycles. The van der Waals surface area contributed by atoms with Crippen LogP contribution in [0.15, 0.2) is 6.33 Å². The Balaban J connectivity index is 2.98. The number of rotatable bonds is 5. The molecule has 0 fully saturated rings. The Morgan fingerprint density at radius 2 is 2.06 bits per heavy atom. The van der Waals surface area contributed by atoms with Gasteiger partial charge in [0.05, 0.1) is 18.8 Å². The molecule has 1 rings (SSSR count). The lowest BCUT2D eigenvalue weighted by Crippen LogP contribution is -2.45. The summed E-state index contributed by atoms with van der Waals surface area (Å²) in [6, 6.07) is 0. The van der Waals surface area contributed by atoms with Crippen LogP contribution < -0.4 is 11.1 Å². The van der Waals surface area contributed by atoms with Crippen molar-refractivity contribution in [1.29, 1.82) is 0 Å². The van der Waals surface area contributed by atoms with Crippen molar-refractivity contribution < 1.29 is 10.2 Å². The molecule has 0 saturated carbocycles. The van der Waals surface area contributed by atoms with E-state index in [9.17, 15) is 10.2 Å². The number of hydrogen-bond acceptors (Lipinski definition) is 6. The third kappa shape index (κ3) is 2.52. The van der Waals surface area contributed by atoms with E-state index in [0.29, 0.717) is 12.2 Å². The van der Waals surface area contributed by atoms with Gasteiger partial charge in [0.2, 0.25) is 0 Å². The van der Waals surface area contributed by atoms with Crippen molar-refractivity contribution in [2.45, 2.75) is 18.9 Å². The van der Waals surface area contributed by atoms with Crippen LogP contribution in [0.2, 0.25) is 5.02 Å². The lowest BCUT2D eigenvalue weighted by Gasteiger charge is -2.30. The molecule has 0 aromatic carbocycles. The Labute approximate surface area is 98.5 Å². The summed E-state index contributed by atoms with van der Waals surface area (Å²) in [7, 11) is 0. The van der Waals surface area contributed by atoms with Gasteiger partial charge in [-0.1, -0.05) is 18.5 Å². The fourth-order valence-corrected chi connectivity index (χ4v) is 1.31. The number of nitrogens with zero attached hydrogens (tertiary/aromatic N) is 2. The molecule has 90 valence electrons. The quantitative estimate of drug-likeness (QED) is 0.594. The molecule has 0 amide bonds. The second-order valence-corrected chi connectivity index (χ2v) is 3.87. The maximum atomic E-state index is 9.26. The minimum absolute atomic E-state index is 0.153. The predicted molar refractivity (Wildman–Crippen MR) is 62.3 cm³/mol. The van der Waals surface area contributed by atoms with Crippen molar-refractivity contribution >= 4 is 23.2 Å². The Morgan fingerprint density at radius 1 is 1.44 bits per heavy atom. The largest absolute Gasteiger partial charge is 0.394 e. The number of nitrogens with one attached hydrogen (secondary N) is 1. The number of aliphatic hydroxyl groups is 2. The van der Waals surface area contributed by atoms with Crippen LogP contribution in [0, 0.1) is 0 Å². The van der Waals surface area contributed by atoms with Gasteiger partial charge in [0, 0.05) is 0 Å². The van der Waals surface area contributed by atoms with Crippen molar-refractivity contribution in [2.24, 2.45) is 0 Å². The molecule has 6 nitrogen and oxygen atoms in total. The zero-order valence-corrected chi connectivity index (χ0v) is 9.70. The Bertz CT molecular complexity index is 349. The van der Waals surface area contributed by atoms with Crippen molar-refractivity contribution in [3.05, 3.63) is 11.3 Å². The van der Waals surface area contributed by atoms with Crippen molar-refractivity contribution in [1.82, 2.24) is 9.97 Å². The molecule has 1 heterocycles. The van der Waals surface area contributed by atoms with Gasteiger partial charge in [0.25, 0.3) is 0 Å². The highest BCUT2D eigenvalue weighted by atomic mass is 35.5. The summed E-state index contributed by atoms with van der Waals surface area (Å²) in [6.45, 7) is 1.36. The van der Waals surface area contributed by atoms with Crippen LogP contribution in [0.3, 0.4) is 0 Å². The van der Waals surface area contributed by atoms with E-state index in [-0.39, 0.29) is 24.1 Å². The molecule has 16 heavy (non-hydrogen) atoms. The third-order valence-electron chi connectivity index (χ3n) is 2.48. The average Bonchev–Trinajstić information content (AvgIpc) is 2.32. The third-order valence-corrected chi connectivity index (χ3v) is 2.85. The summed E-state index contributed by atoms with van der Waals surface area (Å²) in [6.07, 6.45) is 1.78. The highest BCUT2D eigenvalue weighted by molar-refractivity contribution is 6.35. The van der Waals surface area contributed by atoms with Gasteiger partial charge >= 0.3 is 0 Å². The first kappa shape index (κ1) is 13.0. The topological polar surface area (TPSA) is 104 Å². The molecular formula is C9H15ClN4O2. The summed E-state index contributed by atoms with van der Waals surface area (Å²) >= 11 is 5.89. The van der Waals surface area contributed by atoms with Gasteiger partial charge in [0.15, 0.2) is 5.82 Å². The average molecular weight is 247 g/mol. The molecule has 7 heteroatoms. The Hall–Kier alpha value is -1.11. The van der Waals surface area contributed by atoms with Gasteiger partial charge in [-0.3, -0.25) is 0 Å². The zero-order chi connectivity index (χ0) is 12.2. The molecule has 0 saturated heterocycles. The first-order valence-corrected chi connectivity index (χ1v) is 5.22. The number of halogens is 1. The molecule has 0 unspecified atom stereocenters. The summed E-state index contributed by atoms with van der Waals surface area (Å²) in [4.78, 5) is 7.63. The maximum absolute atomic E-state index is 9.26. The van der Waals surface area contributed by atoms with E-state index in [1.165, 1.54) is 6.33 Å². The fraction of sp³-hybridized carbons (Fsp3) is 0.556. The highest BCUT2D eigenvalue weighted by Gasteiger charge is 2.27. The molecule has 1 aromatic heterocycles. The summed E-state index contributed by atoms with van der Waals surface area (Å²) < 4.78 is 0. The van der Waals surface area contributed by atoms with Gasteiger partial charge < -0.3 is 21.3 Å². The number of nitrogen functional groups attached to an aromatic ring is 1. The van der Waals surface area contributed by atoms with E-state index in [1.807, 2.05) is 6.92 Å². The second-order valence-electron chi connectivity index (χ2n) is 3.50. The standard InChI is InChI=1S/C9H15ClN4O2/c1-2-9(3-15,4-16)14-8-6(10)7(11)12-5-13-8/h5,15-16H,2-4H2,1H3,(H3,11,12,13,14). The van der Waals surface area contributed by atoms with Gasteiger partial charge in [0.1, 0.15) is 17.2 Å². The number of hydrogen-bond donors (Lipinski definition) is 4. The molecule has 1 aromatic rings. The predicted octanol–water partition coefficient (Wildman–Crippen LogP) is 0.257. The number of aromatic nitrogens is 2.